The first-order valence-electron chi connectivity index (χ1n) is 9.23. The van der Waals surface area contributed by atoms with Crippen LogP contribution in [0.5, 0.6) is 5.75 Å². The van der Waals surface area contributed by atoms with Crippen LogP contribution in [0.3, 0.4) is 0 Å². The SMILES string of the molecule is COc1ccc(Cl)cc1S(=O)(=O)N(CC(=O)Nc1ccccc1Br)Cc1ccccc1. The molecule has 9 heteroatoms. The van der Waals surface area contributed by atoms with Crippen molar-refractivity contribution in [3.8, 4) is 5.75 Å². The fraction of sp³-hybridized carbons (Fsp3) is 0.136. The molecular formula is C22H20BrClN2O4S. The second-order valence-corrected chi connectivity index (χ2v) is 9.78. The number of methoxy groups -OCH3 is 1. The molecule has 0 unspecified atom stereocenters. The van der Waals surface area contributed by atoms with Gasteiger partial charge in [-0.15, -0.1) is 0 Å². The number of halogens is 2. The van der Waals surface area contributed by atoms with Crippen LogP contribution in [0.25, 0.3) is 0 Å². The lowest BCUT2D eigenvalue weighted by Gasteiger charge is -2.23. The molecule has 0 saturated carbocycles. The monoisotopic (exact) mass is 522 g/mol. The van der Waals surface area contributed by atoms with Gasteiger partial charge in [0.15, 0.2) is 0 Å². The Balaban J connectivity index is 1.95. The largest absolute Gasteiger partial charge is 0.495 e. The molecule has 0 aliphatic rings. The number of nitrogens with one attached hydrogen (secondary N) is 1. The number of ether oxygens (including phenoxy) is 1. The number of amides is 1. The van der Waals surface area contributed by atoms with E-state index in [-0.39, 0.29) is 22.2 Å². The van der Waals surface area contributed by atoms with Crippen LogP contribution < -0.4 is 10.1 Å². The van der Waals surface area contributed by atoms with Crippen molar-refractivity contribution >= 4 is 49.1 Å². The third kappa shape index (κ3) is 5.86. The molecule has 1 amide bonds. The molecule has 0 spiro atoms. The summed E-state index contributed by atoms with van der Waals surface area (Å²) in [6, 6.07) is 20.5. The minimum Gasteiger partial charge on any atom is -0.495 e. The number of benzene rings is 3. The van der Waals surface area contributed by atoms with Gasteiger partial charge in [-0.25, -0.2) is 8.42 Å². The Kier molecular flexibility index (Phi) is 7.72. The van der Waals surface area contributed by atoms with Gasteiger partial charge in [0.1, 0.15) is 10.6 Å². The normalized spacial score (nSPS) is 11.4. The van der Waals surface area contributed by atoms with Gasteiger partial charge in [-0.1, -0.05) is 54.1 Å². The topological polar surface area (TPSA) is 75.7 Å². The number of para-hydroxylation sites is 1. The highest BCUT2D eigenvalue weighted by molar-refractivity contribution is 9.10. The molecule has 3 aromatic carbocycles. The van der Waals surface area contributed by atoms with E-state index in [9.17, 15) is 13.2 Å². The van der Waals surface area contributed by atoms with Crippen LogP contribution in [0.1, 0.15) is 5.56 Å². The van der Waals surface area contributed by atoms with Gasteiger partial charge >= 0.3 is 0 Å². The first-order valence-corrected chi connectivity index (χ1v) is 11.8. The van der Waals surface area contributed by atoms with Gasteiger partial charge < -0.3 is 10.1 Å². The van der Waals surface area contributed by atoms with E-state index in [1.807, 2.05) is 12.1 Å². The van der Waals surface area contributed by atoms with E-state index in [0.717, 1.165) is 9.87 Å². The van der Waals surface area contributed by atoms with Gasteiger partial charge in [-0.3, -0.25) is 4.79 Å². The first-order chi connectivity index (χ1) is 14.8. The minimum atomic E-state index is -4.11. The maximum absolute atomic E-state index is 13.5. The van der Waals surface area contributed by atoms with Gasteiger partial charge in [0.05, 0.1) is 19.3 Å². The Bertz CT molecular complexity index is 1170. The molecule has 0 saturated heterocycles. The van der Waals surface area contributed by atoms with Crippen molar-refractivity contribution in [2.24, 2.45) is 0 Å². The summed E-state index contributed by atoms with van der Waals surface area (Å²) in [5, 5.41) is 2.99. The number of nitrogens with zero attached hydrogens (tertiary/aromatic N) is 1. The van der Waals surface area contributed by atoms with Crippen molar-refractivity contribution in [3.63, 3.8) is 0 Å². The average Bonchev–Trinajstić information content (AvgIpc) is 2.75. The second-order valence-electron chi connectivity index (χ2n) is 6.58. The third-order valence-corrected chi connectivity index (χ3v) is 7.15. The van der Waals surface area contributed by atoms with E-state index in [4.69, 9.17) is 16.3 Å². The molecule has 3 aromatic rings. The maximum Gasteiger partial charge on any atom is 0.247 e. The van der Waals surface area contributed by atoms with E-state index in [1.165, 1.54) is 19.2 Å². The smallest absolute Gasteiger partial charge is 0.247 e. The molecule has 162 valence electrons. The molecule has 0 aromatic heterocycles. The summed E-state index contributed by atoms with van der Waals surface area (Å²) in [4.78, 5) is 12.7. The summed E-state index contributed by atoms with van der Waals surface area (Å²) in [5.74, 6) is -0.332. The number of anilines is 1. The summed E-state index contributed by atoms with van der Waals surface area (Å²) in [7, 11) is -2.73. The van der Waals surface area contributed by atoms with Gasteiger partial charge in [-0.05, 0) is 51.8 Å². The fourth-order valence-corrected chi connectivity index (χ4v) is 5.10. The first kappa shape index (κ1) is 23.3. The van der Waals surface area contributed by atoms with Gasteiger partial charge in [0.2, 0.25) is 15.9 Å². The van der Waals surface area contributed by atoms with Crippen molar-refractivity contribution in [3.05, 3.63) is 87.9 Å². The quantitative estimate of drug-likeness (QED) is 0.454. The lowest BCUT2D eigenvalue weighted by molar-refractivity contribution is -0.116. The number of hydrogen-bond donors (Lipinski definition) is 1. The zero-order valence-electron chi connectivity index (χ0n) is 16.6. The maximum atomic E-state index is 13.5. The van der Waals surface area contributed by atoms with Crippen LogP contribution >= 0.6 is 27.5 Å². The molecule has 0 heterocycles. The van der Waals surface area contributed by atoms with Gasteiger partial charge in [0.25, 0.3) is 0 Å². The molecule has 6 nitrogen and oxygen atoms in total. The lowest BCUT2D eigenvalue weighted by atomic mass is 10.2. The van der Waals surface area contributed by atoms with E-state index < -0.39 is 22.5 Å². The van der Waals surface area contributed by atoms with Gasteiger partial charge in [-0.2, -0.15) is 4.31 Å². The zero-order chi connectivity index (χ0) is 22.4. The summed E-state index contributed by atoms with van der Waals surface area (Å²) in [6.07, 6.45) is 0. The molecule has 0 atom stereocenters. The molecule has 0 radical (unpaired) electrons. The van der Waals surface area contributed by atoms with Crippen molar-refractivity contribution in [1.29, 1.82) is 0 Å². The van der Waals surface area contributed by atoms with E-state index in [2.05, 4.69) is 21.2 Å². The highest BCUT2D eigenvalue weighted by Crippen LogP contribution is 2.30. The predicted molar refractivity (Wildman–Crippen MR) is 125 cm³/mol. The van der Waals surface area contributed by atoms with Crippen LogP contribution in [0, 0.1) is 0 Å². The van der Waals surface area contributed by atoms with Crippen LogP contribution in [-0.4, -0.2) is 32.3 Å². The van der Waals surface area contributed by atoms with Crippen LogP contribution in [0.4, 0.5) is 5.69 Å². The minimum absolute atomic E-state index is 0.00220. The number of sulfonamides is 1. The summed E-state index contributed by atoms with van der Waals surface area (Å²) in [6.45, 7) is -0.392. The standard InChI is InChI=1S/C22H20BrClN2O4S/c1-30-20-12-11-17(24)13-21(20)31(28,29)26(14-16-7-3-2-4-8-16)15-22(27)25-19-10-6-5-9-18(19)23/h2-13H,14-15H2,1H3,(H,25,27). The highest BCUT2D eigenvalue weighted by atomic mass is 79.9. The van der Waals surface area contributed by atoms with E-state index in [0.29, 0.717) is 10.2 Å². The average molecular weight is 524 g/mol. The predicted octanol–water partition coefficient (Wildman–Crippen LogP) is 4.94. The molecule has 0 aliphatic carbocycles. The third-order valence-electron chi connectivity index (χ3n) is 4.41. The highest BCUT2D eigenvalue weighted by Gasteiger charge is 2.30. The Morgan fingerprint density at radius 1 is 1.06 bits per heavy atom. The molecule has 1 N–H and O–H groups in total. The van der Waals surface area contributed by atoms with Crippen molar-refractivity contribution in [2.75, 3.05) is 19.0 Å². The molecule has 31 heavy (non-hydrogen) atoms. The molecular weight excluding hydrogens is 504 g/mol. The van der Waals surface area contributed by atoms with Crippen molar-refractivity contribution in [1.82, 2.24) is 4.31 Å². The Labute approximate surface area is 195 Å². The summed E-state index contributed by atoms with van der Waals surface area (Å²) in [5.41, 5.74) is 1.28. The summed E-state index contributed by atoms with van der Waals surface area (Å²) >= 11 is 9.42. The second kappa shape index (κ2) is 10.3. The van der Waals surface area contributed by atoms with Gasteiger partial charge in [0, 0.05) is 16.0 Å². The van der Waals surface area contributed by atoms with Crippen LogP contribution in [0.2, 0.25) is 5.02 Å². The lowest BCUT2D eigenvalue weighted by Crippen LogP contribution is -2.37. The van der Waals surface area contributed by atoms with Crippen LogP contribution in [-0.2, 0) is 21.4 Å². The Hall–Kier alpha value is -2.39. The van der Waals surface area contributed by atoms with Crippen molar-refractivity contribution < 1.29 is 17.9 Å². The zero-order valence-corrected chi connectivity index (χ0v) is 19.7. The summed E-state index contributed by atoms with van der Waals surface area (Å²) < 4.78 is 34.1. The van der Waals surface area contributed by atoms with Crippen LogP contribution in [0.15, 0.2) is 82.2 Å². The number of hydrogen-bond acceptors (Lipinski definition) is 4. The number of rotatable bonds is 8. The molecule has 0 aliphatic heterocycles. The Morgan fingerprint density at radius 2 is 1.74 bits per heavy atom. The van der Waals surface area contributed by atoms with Crippen molar-refractivity contribution in [2.45, 2.75) is 11.4 Å². The molecule has 0 bridgehead atoms. The number of carbonyl (C=O) groups is 1. The molecule has 0 fully saturated rings. The van der Waals surface area contributed by atoms with E-state index >= 15 is 0 Å². The fourth-order valence-electron chi connectivity index (χ4n) is 2.92. The Morgan fingerprint density at radius 3 is 2.42 bits per heavy atom. The van der Waals surface area contributed by atoms with E-state index in [1.54, 1.807) is 48.5 Å². The molecule has 3 rings (SSSR count). The number of carbonyl (C=O) groups excluding carboxylic acids is 1.